The third-order valence-electron chi connectivity index (χ3n) is 2.91. The van der Waals surface area contributed by atoms with E-state index in [1.807, 2.05) is 6.07 Å². The van der Waals surface area contributed by atoms with Crippen LogP contribution >= 0.6 is 0 Å². The SMILES string of the molecule is N#CCCCC[C@H](NC(=O)[C@H]1CCCO1)C(N)=O. The third kappa shape index (κ3) is 4.72. The minimum Gasteiger partial charge on any atom is -0.368 e. The van der Waals surface area contributed by atoms with Gasteiger partial charge in [0, 0.05) is 13.0 Å². The van der Waals surface area contributed by atoms with Crippen LogP contribution in [0.3, 0.4) is 0 Å². The van der Waals surface area contributed by atoms with Gasteiger partial charge in [0.25, 0.3) is 0 Å². The van der Waals surface area contributed by atoms with E-state index in [9.17, 15) is 9.59 Å². The number of rotatable bonds is 7. The summed E-state index contributed by atoms with van der Waals surface area (Å²) in [5.74, 6) is -0.810. The van der Waals surface area contributed by atoms with Crippen molar-refractivity contribution in [2.45, 2.75) is 50.7 Å². The fourth-order valence-corrected chi connectivity index (χ4v) is 1.89. The average molecular weight is 253 g/mol. The normalized spacial score (nSPS) is 20.1. The predicted molar refractivity (Wildman–Crippen MR) is 64.2 cm³/mol. The molecule has 6 heteroatoms. The highest BCUT2D eigenvalue weighted by atomic mass is 16.5. The molecule has 1 aliphatic heterocycles. The fourth-order valence-electron chi connectivity index (χ4n) is 1.89. The maximum absolute atomic E-state index is 11.8. The van der Waals surface area contributed by atoms with Crippen molar-refractivity contribution in [3.63, 3.8) is 0 Å². The van der Waals surface area contributed by atoms with E-state index in [4.69, 9.17) is 15.7 Å². The lowest BCUT2D eigenvalue weighted by Crippen LogP contribution is -2.47. The molecule has 0 aliphatic carbocycles. The Hall–Kier alpha value is -1.61. The predicted octanol–water partition coefficient (Wildman–Crippen LogP) is 0.219. The number of unbranched alkanes of at least 4 members (excludes halogenated alkanes) is 2. The minimum atomic E-state index is -0.666. The van der Waals surface area contributed by atoms with E-state index in [1.165, 1.54) is 0 Å². The Morgan fingerprint density at radius 1 is 1.50 bits per heavy atom. The van der Waals surface area contributed by atoms with Crippen LogP contribution in [-0.2, 0) is 14.3 Å². The molecule has 2 atom stereocenters. The Balaban J connectivity index is 2.34. The first kappa shape index (κ1) is 14.5. The molecule has 0 aromatic carbocycles. The number of nitrogens with zero attached hydrogens (tertiary/aromatic N) is 1. The molecule has 0 unspecified atom stereocenters. The minimum absolute atomic E-state index is 0.267. The van der Waals surface area contributed by atoms with E-state index in [0.717, 1.165) is 6.42 Å². The maximum Gasteiger partial charge on any atom is 0.249 e. The topological polar surface area (TPSA) is 105 Å². The van der Waals surface area contributed by atoms with Crippen molar-refractivity contribution in [2.24, 2.45) is 5.73 Å². The standard InChI is InChI=1S/C12H19N3O3/c13-7-3-1-2-5-9(11(14)16)15-12(17)10-6-4-8-18-10/h9-10H,1-6,8H2,(H2,14,16)(H,15,17)/t9-,10+/m0/s1. The summed E-state index contributed by atoms with van der Waals surface area (Å²) in [6.07, 6.45) is 3.41. The van der Waals surface area contributed by atoms with Crippen LogP contribution in [0.15, 0.2) is 0 Å². The zero-order valence-electron chi connectivity index (χ0n) is 10.4. The van der Waals surface area contributed by atoms with Gasteiger partial charge in [-0.15, -0.1) is 0 Å². The molecule has 0 bridgehead atoms. The highest BCUT2D eigenvalue weighted by molar-refractivity contribution is 5.88. The summed E-state index contributed by atoms with van der Waals surface area (Å²) in [5, 5.41) is 11.0. The van der Waals surface area contributed by atoms with E-state index < -0.39 is 18.1 Å². The van der Waals surface area contributed by atoms with Crippen LogP contribution in [0.25, 0.3) is 0 Å². The fraction of sp³-hybridized carbons (Fsp3) is 0.750. The summed E-state index contributed by atoms with van der Waals surface area (Å²) < 4.78 is 5.23. The maximum atomic E-state index is 11.8. The van der Waals surface area contributed by atoms with Gasteiger partial charge in [-0.2, -0.15) is 5.26 Å². The van der Waals surface area contributed by atoms with E-state index in [2.05, 4.69) is 5.32 Å². The van der Waals surface area contributed by atoms with E-state index in [0.29, 0.717) is 38.7 Å². The van der Waals surface area contributed by atoms with Crippen molar-refractivity contribution in [3.8, 4) is 6.07 Å². The van der Waals surface area contributed by atoms with Gasteiger partial charge in [0.05, 0.1) is 6.07 Å². The molecule has 6 nitrogen and oxygen atoms in total. The van der Waals surface area contributed by atoms with Crippen molar-refractivity contribution in [1.29, 1.82) is 5.26 Å². The number of amides is 2. The molecule has 2 amide bonds. The van der Waals surface area contributed by atoms with Gasteiger partial charge in [0.1, 0.15) is 12.1 Å². The Morgan fingerprint density at radius 3 is 2.83 bits per heavy atom. The smallest absolute Gasteiger partial charge is 0.249 e. The van der Waals surface area contributed by atoms with E-state index in [1.54, 1.807) is 0 Å². The van der Waals surface area contributed by atoms with Gasteiger partial charge in [-0.05, 0) is 32.1 Å². The molecule has 100 valence electrons. The van der Waals surface area contributed by atoms with Crippen molar-refractivity contribution < 1.29 is 14.3 Å². The average Bonchev–Trinajstić information content (AvgIpc) is 2.86. The van der Waals surface area contributed by atoms with Crippen LogP contribution < -0.4 is 11.1 Å². The van der Waals surface area contributed by atoms with Crippen LogP contribution in [-0.4, -0.2) is 30.6 Å². The molecule has 18 heavy (non-hydrogen) atoms. The van der Waals surface area contributed by atoms with Crippen molar-refractivity contribution in [3.05, 3.63) is 0 Å². The second-order valence-corrected chi connectivity index (χ2v) is 4.37. The largest absolute Gasteiger partial charge is 0.368 e. The highest BCUT2D eigenvalue weighted by Crippen LogP contribution is 2.12. The number of hydrogen-bond donors (Lipinski definition) is 2. The Kier molecular flexibility index (Phi) is 6.15. The molecule has 0 saturated carbocycles. The van der Waals surface area contributed by atoms with Gasteiger partial charge in [0.2, 0.25) is 11.8 Å². The lowest BCUT2D eigenvalue weighted by Gasteiger charge is -2.17. The van der Waals surface area contributed by atoms with Crippen molar-refractivity contribution in [2.75, 3.05) is 6.61 Å². The quantitative estimate of drug-likeness (QED) is 0.633. The second kappa shape index (κ2) is 7.67. The number of ether oxygens (including phenoxy) is 1. The summed E-state index contributed by atoms with van der Waals surface area (Å²) in [5.41, 5.74) is 5.24. The van der Waals surface area contributed by atoms with Crippen LogP contribution in [0.4, 0.5) is 0 Å². The molecule has 0 aromatic heterocycles. The number of nitrogens with two attached hydrogens (primary N) is 1. The zero-order chi connectivity index (χ0) is 13.4. The lowest BCUT2D eigenvalue weighted by molar-refractivity contribution is -0.133. The summed E-state index contributed by atoms with van der Waals surface area (Å²) in [6.45, 7) is 0.585. The molecule has 0 radical (unpaired) electrons. The number of hydrogen-bond acceptors (Lipinski definition) is 4. The van der Waals surface area contributed by atoms with Crippen molar-refractivity contribution >= 4 is 11.8 Å². The van der Waals surface area contributed by atoms with Crippen molar-refractivity contribution in [1.82, 2.24) is 5.32 Å². The highest BCUT2D eigenvalue weighted by Gasteiger charge is 2.27. The molecular formula is C12H19N3O3. The van der Waals surface area contributed by atoms with Gasteiger partial charge >= 0.3 is 0 Å². The first-order chi connectivity index (χ1) is 8.65. The molecule has 3 N–H and O–H groups in total. The Bertz CT molecular complexity index is 332. The summed E-state index contributed by atoms with van der Waals surface area (Å²) in [7, 11) is 0. The zero-order valence-corrected chi connectivity index (χ0v) is 10.4. The molecule has 1 aliphatic rings. The number of carbonyl (C=O) groups is 2. The van der Waals surface area contributed by atoms with Gasteiger partial charge < -0.3 is 15.8 Å². The first-order valence-electron chi connectivity index (χ1n) is 6.23. The Labute approximate surface area is 106 Å². The molecule has 0 aromatic rings. The van der Waals surface area contributed by atoms with Gasteiger partial charge in [-0.3, -0.25) is 9.59 Å². The van der Waals surface area contributed by atoms with Gasteiger partial charge in [-0.25, -0.2) is 0 Å². The van der Waals surface area contributed by atoms with E-state index in [-0.39, 0.29) is 5.91 Å². The Morgan fingerprint density at radius 2 is 2.28 bits per heavy atom. The number of primary amides is 1. The van der Waals surface area contributed by atoms with Crippen LogP contribution in [0.5, 0.6) is 0 Å². The third-order valence-corrected chi connectivity index (χ3v) is 2.91. The van der Waals surface area contributed by atoms with Crippen LogP contribution in [0, 0.1) is 11.3 Å². The number of nitriles is 1. The summed E-state index contributed by atoms with van der Waals surface area (Å²) >= 11 is 0. The van der Waals surface area contributed by atoms with Gasteiger partial charge in [-0.1, -0.05) is 0 Å². The van der Waals surface area contributed by atoms with Crippen LogP contribution in [0.1, 0.15) is 38.5 Å². The lowest BCUT2D eigenvalue weighted by atomic mass is 10.1. The molecular weight excluding hydrogens is 234 g/mol. The summed E-state index contributed by atoms with van der Waals surface area (Å²) in [4.78, 5) is 23.0. The summed E-state index contributed by atoms with van der Waals surface area (Å²) in [6, 6.07) is 1.37. The molecule has 1 heterocycles. The number of nitrogens with one attached hydrogen (secondary N) is 1. The first-order valence-corrected chi connectivity index (χ1v) is 6.23. The number of carbonyl (C=O) groups excluding carboxylic acids is 2. The molecule has 1 rings (SSSR count). The van der Waals surface area contributed by atoms with E-state index >= 15 is 0 Å². The molecule has 1 fully saturated rings. The van der Waals surface area contributed by atoms with Gasteiger partial charge in [0.15, 0.2) is 0 Å². The second-order valence-electron chi connectivity index (χ2n) is 4.37. The molecule has 0 spiro atoms. The molecule has 1 saturated heterocycles. The monoisotopic (exact) mass is 253 g/mol. The van der Waals surface area contributed by atoms with Crippen LogP contribution in [0.2, 0.25) is 0 Å².